The van der Waals surface area contributed by atoms with Crippen LogP contribution in [0.4, 0.5) is 0 Å². The van der Waals surface area contributed by atoms with Crippen LogP contribution >= 0.6 is 0 Å². The average Bonchev–Trinajstić information content (AvgIpc) is 2.86. The van der Waals surface area contributed by atoms with Crippen molar-refractivity contribution in [2.45, 2.75) is 26.7 Å². The van der Waals surface area contributed by atoms with Gasteiger partial charge in [-0.1, -0.05) is 38.1 Å². The summed E-state index contributed by atoms with van der Waals surface area (Å²) >= 11 is 0. The van der Waals surface area contributed by atoms with Crippen LogP contribution in [-0.4, -0.2) is 16.3 Å². The summed E-state index contributed by atoms with van der Waals surface area (Å²) in [5.74, 6) is 0. The number of nitrogens with zero attached hydrogens (tertiary/aromatic N) is 2. The fraction of sp³-hybridized carbons (Fsp3) is 0.400. The number of hydrogen-bond acceptors (Lipinski definition) is 2. The maximum Gasteiger partial charge on any atom is 0.0568 e. The van der Waals surface area contributed by atoms with Crippen molar-refractivity contribution in [1.29, 1.82) is 0 Å². The van der Waals surface area contributed by atoms with E-state index in [-0.39, 0.29) is 0 Å². The van der Waals surface area contributed by atoms with Gasteiger partial charge in [0.1, 0.15) is 0 Å². The summed E-state index contributed by atoms with van der Waals surface area (Å²) in [6.07, 6.45) is 6.11. The van der Waals surface area contributed by atoms with Gasteiger partial charge in [-0.25, -0.2) is 0 Å². The Bertz CT molecular complexity index is 441. The van der Waals surface area contributed by atoms with Crippen molar-refractivity contribution in [3.63, 3.8) is 0 Å². The van der Waals surface area contributed by atoms with Gasteiger partial charge in [0.05, 0.1) is 6.20 Å². The molecule has 0 amide bonds. The first kappa shape index (κ1) is 14.5. The van der Waals surface area contributed by atoms with Crippen LogP contribution in [0.5, 0.6) is 0 Å². The van der Waals surface area contributed by atoms with Gasteiger partial charge in [0.15, 0.2) is 0 Å². The minimum atomic E-state index is 0.819. The molecule has 0 aliphatic heterocycles. The summed E-state index contributed by atoms with van der Waals surface area (Å²) in [7, 11) is 1.93. The number of aromatic nitrogens is 2. The van der Waals surface area contributed by atoms with E-state index < -0.39 is 0 Å². The molecule has 0 spiro atoms. The molecule has 0 saturated heterocycles. The maximum absolute atomic E-state index is 5.03. The first-order valence-electron chi connectivity index (χ1n) is 6.49. The first-order valence-corrected chi connectivity index (χ1v) is 6.49. The standard InChI is InChI=1S/C12H14N2.C3H9N/c1-3-10-4-6-11(7-5-10)12-8-13-14(2)9-12;1-2-3-4/h4-9H,3H2,1-2H3;2-4H2,1H3. The Hall–Kier alpha value is -1.61. The zero-order valence-electron chi connectivity index (χ0n) is 11.6. The van der Waals surface area contributed by atoms with Crippen LogP contribution < -0.4 is 5.73 Å². The lowest BCUT2D eigenvalue weighted by atomic mass is 10.1. The van der Waals surface area contributed by atoms with E-state index >= 15 is 0 Å². The number of rotatable bonds is 3. The fourth-order valence-electron chi connectivity index (χ4n) is 1.50. The summed E-state index contributed by atoms with van der Waals surface area (Å²) in [5, 5.41) is 4.15. The highest BCUT2D eigenvalue weighted by Crippen LogP contribution is 2.18. The Morgan fingerprint density at radius 3 is 2.11 bits per heavy atom. The second-order valence-corrected chi connectivity index (χ2v) is 4.24. The quantitative estimate of drug-likeness (QED) is 0.903. The van der Waals surface area contributed by atoms with Gasteiger partial charge >= 0.3 is 0 Å². The Labute approximate surface area is 110 Å². The lowest BCUT2D eigenvalue weighted by Gasteiger charge is -1.99. The smallest absolute Gasteiger partial charge is 0.0568 e. The van der Waals surface area contributed by atoms with E-state index in [0.717, 1.165) is 19.4 Å². The van der Waals surface area contributed by atoms with E-state index in [9.17, 15) is 0 Å². The van der Waals surface area contributed by atoms with Gasteiger partial charge in [-0.05, 0) is 30.5 Å². The van der Waals surface area contributed by atoms with E-state index in [1.807, 2.05) is 24.1 Å². The molecule has 1 aromatic heterocycles. The highest BCUT2D eigenvalue weighted by atomic mass is 15.2. The van der Waals surface area contributed by atoms with Crippen molar-refractivity contribution in [3.05, 3.63) is 42.2 Å². The summed E-state index contributed by atoms with van der Waals surface area (Å²) in [4.78, 5) is 0. The van der Waals surface area contributed by atoms with Gasteiger partial charge < -0.3 is 5.73 Å². The number of aryl methyl sites for hydroxylation is 2. The van der Waals surface area contributed by atoms with Crippen molar-refractivity contribution < 1.29 is 0 Å². The van der Waals surface area contributed by atoms with Gasteiger partial charge in [0.2, 0.25) is 0 Å². The molecule has 0 saturated carbocycles. The topological polar surface area (TPSA) is 43.8 Å². The highest BCUT2D eigenvalue weighted by molar-refractivity contribution is 5.61. The van der Waals surface area contributed by atoms with E-state index in [0.29, 0.717) is 0 Å². The number of benzene rings is 1. The van der Waals surface area contributed by atoms with Crippen LogP contribution in [0.1, 0.15) is 25.8 Å². The molecule has 1 heterocycles. The molecule has 3 nitrogen and oxygen atoms in total. The van der Waals surface area contributed by atoms with E-state index in [4.69, 9.17) is 5.73 Å². The summed E-state index contributed by atoms with van der Waals surface area (Å²) in [6, 6.07) is 8.64. The summed E-state index contributed by atoms with van der Waals surface area (Å²) in [6.45, 7) is 5.04. The Morgan fingerprint density at radius 1 is 1.11 bits per heavy atom. The molecule has 2 N–H and O–H groups in total. The normalized spacial score (nSPS) is 9.78. The zero-order chi connectivity index (χ0) is 13.4. The zero-order valence-corrected chi connectivity index (χ0v) is 11.6. The molecule has 0 atom stereocenters. The molecule has 0 aliphatic rings. The second-order valence-electron chi connectivity index (χ2n) is 4.24. The molecule has 2 rings (SSSR count). The lowest BCUT2D eigenvalue weighted by molar-refractivity contribution is 0.768. The van der Waals surface area contributed by atoms with Gasteiger partial charge in [-0.15, -0.1) is 0 Å². The highest BCUT2D eigenvalue weighted by Gasteiger charge is 1.99. The molecule has 2 aromatic rings. The number of nitrogens with two attached hydrogens (primary N) is 1. The minimum absolute atomic E-state index is 0.819. The molecular formula is C15H23N3. The maximum atomic E-state index is 5.03. The molecule has 98 valence electrons. The van der Waals surface area contributed by atoms with Crippen LogP contribution in [0.2, 0.25) is 0 Å². The van der Waals surface area contributed by atoms with Gasteiger partial charge in [0, 0.05) is 18.8 Å². The third kappa shape index (κ3) is 4.34. The molecular weight excluding hydrogens is 222 g/mol. The molecule has 0 fully saturated rings. The summed E-state index contributed by atoms with van der Waals surface area (Å²) < 4.78 is 1.82. The first-order chi connectivity index (χ1) is 8.71. The molecule has 0 unspecified atom stereocenters. The van der Waals surface area contributed by atoms with Crippen LogP contribution in [0.25, 0.3) is 11.1 Å². The van der Waals surface area contributed by atoms with Gasteiger partial charge in [0.25, 0.3) is 0 Å². The Balaban J connectivity index is 0.000000357. The molecule has 0 aliphatic carbocycles. The van der Waals surface area contributed by atoms with Crippen LogP contribution in [0, 0.1) is 0 Å². The number of hydrogen-bond donors (Lipinski definition) is 1. The van der Waals surface area contributed by atoms with Gasteiger partial charge in [-0.2, -0.15) is 5.10 Å². The monoisotopic (exact) mass is 245 g/mol. The predicted molar refractivity (Wildman–Crippen MR) is 77.4 cm³/mol. The SMILES string of the molecule is CCCN.CCc1ccc(-c2cnn(C)c2)cc1. The summed E-state index contributed by atoms with van der Waals surface area (Å²) in [5.41, 5.74) is 8.81. The van der Waals surface area contributed by atoms with Crippen molar-refractivity contribution >= 4 is 0 Å². The average molecular weight is 245 g/mol. The van der Waals surface area contributed by atoms with Crippen molar-refractivity contribution in [2.24, 2.45) is 12.8 Å². The minimum Gasteiger partial charge on any atom is -0.330 e. The van der Waals surface area contributed by atoms with E-state index in [2.05, 4.69) is 43.2 Å². The molecule has 0 bridgehead atoms. The van der Waals surface area contributed by atoms with Gasteiger partial charge in [-0.3, -0.25) is 4.68 Å². The molecule has 1 aromatic carbocycles. The largest absolute Gasteiger partial charge is 0.330 e. The van der Waals surface area contributed by atoms with Crippen LogP contribution in [-0.2, 0) is 13.5 Å². The Morgan fingerprint density at radius 2 is 1.72 bits per heavy atom. The van der Waals surface area contributed by atoms with Crippen molar-refractivity contribution in [3.8, 4) is 11.1 Å². The van der Waals surface area contributed by atoms with Crippen LogP contribution in [0.15, 0.2) is 36.7 Å². The third-order valence-corrected chi connectivity index (χ3v) is 2.69. The second kappa shape index (κ2) is 7.67. The predicted octanol–water partition coefficient (Wildman–Crippen LogP) is 3.00. The van der Waals surface area contributed by atoms with Crippen molar-refractivity contribution in [1.82, 2.24) is 9.78 Å². The fourth-order valence-corrected chi connectivity index (χ4v) is 1.50. The third-order valence-electron chi connectivity index (χ3n) is 2.69. The molecule has 18 heavy (non-hydrogen) atoms. The Kier molecular flexibility index (Phi) is 6.15. The van der Waals surface area contributed by atoms with Crippen molar-refractivity contribution in [2.75, 3.05) is 6.54 Å². The molecule has 0 radical (unpaired) electrons. The van der Waals surface area contributed by atoms with Crippen LogP contribution in [0.3, 0.4) is 0 Å². The van der Waals surface area contributed by atoms with E-state index in [1.165, 1.54) is 16.7 Å². The molecule has 3 heteroatoms. The lowest BCUT2D eigenvalue weighted by Crippen LogP contribution is -1.93. The van der Waals surface area contributed by atoms with E-state index in [1.54, 1.807) is 0 Å².